The summed E-state index contributed by atoms with van der Waals surface area (Å²) in [5, 5.41) is 6.38. The lowest BCUT2D eigenvalue weighted by atomic mass is 10.2. The van der Waals surface area contributed by atoms with Crippen molar-refractivity contribution in [3.05, 3.63) is 11.8 Å². The van der Waals surface area contributed by atoms with Crippen LogP contribution in [0, 0.1) is 0 Å². The van der Waals surface area contributed by atoms with Gasteiger partial charge in [-0.25, -0.2) is 0 Å². The quantitative estimate of drug-likeness (QED) is 0.741. The van der Waals surface area contributed by atoms with Gasteiger partial charge in [-0.3, -0.25) is 9.89 Å². The molecule has 1 aromatic heterocycles. The maximum atomic E-state index is 12.2. The van der Waals surface area contributed by atoms with Crippen LogP contribution in [0.25, 0.3) is 0 Å². The van der Waals surface area contributed by atoms with Crippen molar-refractivity contribution < 1.29 is 4.79 Å². The molecular weight excluding hydrogens is 242 g/mol. The number of carbonyl (C=O) groups is 1. The van der Waals surface area contributed by atoms with Crippen LogP contribution in [-0.2, 0) is 0 Å². The van der Waals surface area contributed by atoms with E-state index >= 15 is 0 Å². The molecule has 0 atom stereocenters. The van der Waals surface area contributed by atoms with Gasteiger partial charge in [0.25, 0.3) is 5.91 Å². The van der Waals surface area contributed by atoms with E-state index < -0.39 is 0 Å². The Balaban J connectivity index is 2.50. The molecule has 0 aromatic carbocycles. The van der Waals surface area contributed by atoms with Gasteiger partial charge >= 0.3 is 0 Å². The lowest BCUT2D eigenvalue weighted by Crippen LogP contribution is -2.34. The van der Waals surface area contributed by atoms with Crippen molar-refractivity contribution in [2.24, 2.45) is 0 Å². The van der Waals surface area contributed by atoms with Crippen LogP contribution in [0.5, 0.6) is 0 Å². The Morgan fingerprint density at radius 3 is 2.42 bits per heavy atom. The van der Waals surface area contributed by atoms with E-state index in [0.717, 1.165) is 32.6 Å². The molecule has 6 heteroatoms. The number of hydrogen-bond donors (Lipinski definition) is 2. The van der Waals surface area contributed by atoms with Crippen molar-refractivity contribution in [3.63, 3.8) is 0 Å². The van der Waals surface area contributed by atoms with Gasteiger partial charge in [-0.2, -0.15) is 5.10 Å². The SMILES string of the molecule is CCN(CC)CCCN(CC)C(=O)c1cn[nH]c1N. The van der Waals surface area contributed by atoms with Crippen molar-refractivity contribution in [2.45, 2.75) is 27.2 Å². The van der Waals surface area contributed by atoms with E-state index in [2.05, 4.69) is 28.9 Å². The average molecular weight is 267 g/mol. The number of anilines is 1. The fourth-order valence-electron chi connectivity index (χ4n) is 2.07. The molecule has 1 rings (SSSR count). The van der Waals surface area contributed by atoms with Gasteiger partial charge < -0.3 is 15.5 Å². The molecule has 0 bridgehead atoms. The average Bonchev–Trinajstić information content (AvgIpc) is 2.85. The van der Waals surface area contributed by atoms with Crippen LogP contribution in [0.3, 0.4) is 0 Å². The number of H-pyrrole nitrogens is 1. The monoisotopic (exact) mass is 267 g/mol. The third-order valence-corrected chi connectivity index (χ3v) is 3.36. The number of hydrogen-bond acceptors (Lipinski definition) is 4. The first-order valence-electron chi connectivity index (χ1n) is 6.94. The van der Waals surface area contributed by atoms with Gasteiger partial charge in [-0.1, -0.05) is 13.8 Å². The summed E-state index contributed by atoms with van der Waals surface area (Å²) in [6.07, 6.45) is 2.46. The molecule has 0 aliphatic carbocycles. The molecule has 0 aliphatic rings. The number of aromatic nitrogens is 2. The second-order valence-electron chi connectivity index (χ2n) is 4.46. The number of aromatic amines is 1. The number of carbonyl (C=O) groups excluding carboxylic acids is 1. The second kappa shape index (κ2) is 7.78. The maximum Gasteiger partial charge on any atom is 0.259 e. The number of nitrogen functional groups attached to an aromatic ring is 1. The third-order valence-electron chi connectivity index (χ3n) is 3.36. The fourth-order valence-corrected chi connectivity index (χ4v) is 2.07. The molecule has 6 nitrogen and oxygen atoms in total. The maximum absolute atomic E-state index is 12.2. The highest BCUT2D eigenvalue weighted by molar-refractivity contribution is 5.98. The van der Waals surface area contributed by atoms with Gasteiger partial charge in [-0.15, -0.1) is 0 Å². The minimum Gasteiger partial charge on any atom is -0.383 e. The van der Waals surface area contributed by atoms with E-state index in [1.807, 2.05) is 11.8 Å². The van der Waals surface area contributed by atoms with Gasteiger partial charge in [-0.05, 0) is 33.0 Å². The zero-order valence-electron chi connectivity index (χ0n) is 12.1. The molecule has 0 saturated carbocycles. The Morgan fingerprint density at radius 2 is 1.95 bits per heavy atom. The summed E-state index contributed by atoms with van der Waals surface area (Å²) >= 11 is 0. The molecule has 1 aromatic rings. The van der Waals surface area contributed by atoms with E-state index in [1.54, 1.807) is 0 Å². The van der Waals surface area contributed by atoms with Crippen molar-refractivity contribution in [3.8, 4) is 0 Å². The highest BCUT2D eigenvalue weighted by Gasteiger charge is 2.18. The molecule has 19 heavy (non-hydrogen) atoms. The first kappa shape index (κ1) is 15.5. The molecule has 1 heterocycles. The Bertz CT molecular complexity index is 386. The Morgan fingerprint density at radius 1 is 1.26 bits per heavy atom. The smallest absolute Gasteiger partial charge is 0.259 e. The first-order chi connectivity index (χ1) is 9.13. The summed E-state index contributed by atoms with van der Waals surface area (Å²) in [7, 11) is 0. The van der Waals surface area contributed by atoms with E-state index in [0.29, 0.717) is 17.9 Å². The van der Waals surface area contributed by atoms with Crippen LogP contribution >= 0.6 is 0 Å². The number of nitrogens with two attached hydrogens (primary N) is 1. The van der Waals surface area contributed by atoms with Gasteiger partial charge in [0, 0.05) is 13.1 Å². The van der Waals surface area contributed by atoms with Crippen LogP contribution < -0.4 is 5.73 Å². The predicted molar refractivity (Wildman–Crippen MR) is 77.0 cm³/mol. The lowest BCUT2D eigenvalue weighted by molar-refractivity contribution is 0.0758. The largest absolute Gasteiger partial charge is 0.383 e. The highest BCUT2D eigenvalue weighted by Crippen LogP contribution is 2.10. The van der Waals surface area contributed by atoms with E-state index in [4.69, 9.17) is 5.73 Å². The number of amides is 1. The molecule has 0 spiro atoms. The summed E-state index contributed by atoms with van der Waals surface area (Å²) in [4.78, 5) is 16.4. The molecular formula is C13H25N5O. The predicted octanol–water partition coefficient (Wildman–Crippen LogP) is 1.19. The Labute approximate surface area is 114 Å². The van der Waals surface area contributed by atoms with E-state index in [1.165, 1.54) is 6.20 Å². The zero-order valence-corrected chi connectivity index (χ0v) is 12.1. The third kappa shape index (κ3) is 4.24. The van der Waals surface area contributed by atoms with E-state index in [9.17, 15) is 4.79 Å². The van der Waals surface area contributed by atoms with Crippen LogP contribution in [0.4, 0.5) is 5.82 Å². The summed E-state index contributed by atoms with van der Waals surface area (Å²) < 4.78 is 0. The summed E-state index contributed by atoms with van der Waals surface area (Å²) in [6.45, 7) is 10.8. The molecule has 0 unspecified atom stereocenters. The van der Waals surface area contributed by atoms with Crippen molar-refractivity contribution in [1.82, 2.24) is 20.0 Å². The van der Waals surface area contributed by atoms with Crippen molar-refractivity contribution in [2.75, 3.05) is 38.5 Å². The Kier molecular flexibility index (Phi) is 6.35. The van der Waals surface area contributed by atoms with Crippen LogP contribution in [0.15, 0.2) is 6.20 Å². The molecule has 0 fully saturated rings. The fraction of sp³-hybridized carbons (Fsp3) is 0.692. The van der Waals surface area contributed by atoms with Gasteiger partial charge in [0.2, 0.25) is 0 Å². The lowest BCUT2D eigenvalue weighted by Gasteiger charge is -2.23. The minimum atomic E-state index is -0.0479. The summed E-state index contributed by atoms with van der Waals surface area (Å²) in [5.41, 5.74) is 6.14. The number of nitrogens with one attached hydrogen (secondary N) is 1. The van der Waals surface area contributed by atoms with E-state index in [-0.39, 0.29) is 5.91 Å². The molecule has 108 valence electrons. The van der Waals surface area contributed by atoms with Crippen molar-refractivity contribution in [1.29, 1.82) is 0 Å². The molecule has 0 aliphatic heterocycles. The molecule has 0 radical (unpaired) electrons. The molecule has 3 N–H and O–H groups in total. The standard InChI is InChI=1S/C13H25N5O/c1-4-17(5-2)8-7-9-18(6-3)13(19)11-10-15-16-12(11)14/h10H,4-9H2,1-3H3,(H3,14,15,16). The number of nitrogens with zero attached hydrogens (tertiary/aromatic N) is 3. The minimum absolute atomic E-state index is 0.0479. The zero-order chi connectivity index (χ0) is 14.3. The van der Waals surface area contributed by atoms with Crippen LogP contribution in [0.1, 0.15) is 37.6 Å². The molecule has 0 saturated heterocycles. The Hall–Kier alpha value is -1.56. The van der Waals surface area contributed by atoms with Gasteiger partial charge in [0.05, 0.1) is 6.20 Å². The van der Waals surface area contributed by atoms with Crippen molar-refractivity contribution >= 4 is 11.7 Å². The highest BCUT2D eigenvalue weighted by atomic mass is 16.2. The normalized spacial score (nSPS) is 10.9. The first-order valence-corrected chi connectivity index (χ1v) is 6.94. The molecule has 1 amide bonds. The second-order valence-corrected chi connectivity index (χ2v) is 4.46. The van der Waals surface area contributed by atoms with Crippen LogP contribution in [-0.4, -0.2) is 58.6 Å². The van der Waals surface area contributed by atoms with Gasteiger partial charge in [0.1, 0.15) is 11.4 Å². The number of rotatable bonds is 8. The van der Waals surface area contributed by atoms with Crippen LogP contribution in [0.2, 0.25) is 0 Å². The summed E-state index contributed by atoms with van der Waals surface area (Å²) in [5.74, 6) is 0.292. The summed E-state index contributed by atoms with van der Waals surface area (Å²) in [6, 6.07) is 0. The van der Waals surface area contributed by atoms with Gasteiger partial charge in [0.15, 0.2) is 0 Å². The topological polar surface area (TPSA) is 78.2 Å².